The number of rotatable bonds is 7. The van der Waals surface area contributed by atoms with E-state index >= 15 is 0 Å². The van der Waals surface area contributed by atoms with Crippen molar-refractivity contribution in [3.05, 3.63) is 59.7 Å². The second-order valence-electron chi connectivity index (χ2n) is 8.70. The van der Waals surface area contributed by atoms with Gasteiger partial charge in [-0.3, -0.25) is 9.69 Å². The summed E-state index contributed by atoms with van der Waals surface area (Å²) in [5.74, 6) is 0.433. The van der Waals surface area contributed by atoms with Crippen LogP contribution in [-0.4, -0.2) is 75.2 Å². The van der Waals surface area contributed by atoms with Crippen LogP contribution < -0.4 is 9.46 Å². The summed E-state index contributed by atoms with van der Waals surface area (Å²) in [5.41, 5.74) is 1.82. The first-order valence-corrected chi connectivity index (χ1v) is 12.7. The fourth-order valence-electron chi connectivity index (χ4n) is 4.55. The second kappa shape index (κ2) is 9.80. The molecule has 0 spiro atoms. The van der Waals surface area contributed by atoms with Crippen LogP contribution in [0.2, 0.25) is 0 Å². The molecule has 3 atom stereocenters. The van der Waals surface area contributed by atoms with Crippen LogP contribution in [0.3, 0.4) is 0 Å². The van der Waals surface area contributed by atoms with Gasteiger partial charge in [0.25, 0.3) is 5.91 Å². The Labute approximate surface area is 195 Å². The minimum atomic E-state index is -3.54. The molecule has 2 aromatic carbocycles. The van der Waals surface area contributed by atoms with Crippen LogP contribution in [0.1, 0.15) is 30.0 Å². The van der Waals surface area contributed by atoms with Gasteiger partial charge in [-0.1, -0.05) is 30.3 Å². The van der Waals surface area contributed by atoms with Crippen molar-refractivity contribution in [2.24, 2.45) is 0 Å². The molecule has 33 heavy (non-hydrogen) atoms. The third-order valence-electron chi connectivity index (χ3n) is 6.51. The maximum absolute atomic E-state index is 13.5. The zero-order valence-corrected chi connectivity index (χ0v) is 19.8. The van der Waals surface area contributed by atoms with Crippen LogP contribution in [0.4, 0.5) is 0 Å². The molecule has 2 aliphatic heterocycles. The highest BCUT2D eigenvalue weighted by Gasteiger charge is 2.34. The summed E-state index contributed by atoms with van der Waals surface area (Å²) in [5, 5.41) is 9.93. The predicted molar refractivity (Wildman–Crippen MR) is 124 cm³/mol. The summed E-state index contributed by atoms with van der Waals surface area (Å²) >= 11 is 0. The van der Waals surface area contributed by atoms with Crippen LogP contribution in [0.5, 0.6) is 5.75 Å². The normalized spacial score (nSPS) is 21.8. The summed E-state index contributed by atoms with van der Waals surface area (Å²) in [6.45, 7) is 2.05. The minimum Gasteiger partial charge on any atom is -0.480 e. The van der Waals surface area contributed by atoms with Crippen LogP contribution in [0.25, 0.3) is 0 Å². The topological polar surface area (TPSA) is 99.2 Å². The van der Waals surface area contributed by atoms with Gasteiger partial charge in [-0.25, -0.2) is 13.1 Å². The fourth-order valence-corrected chi connectivity index (χ4v) is 5.33. The van der Waals surface area contributed by atoms with Gasteiger partial charge in [-0.2, -0.15) is 0 Å². The van der Waals surface area contributed by atoms with Gasteiger partial charge in [0.05, 0.1) is 17.0 Å². The Balaban J connectivity index is 1.51. The highest BCUT2D eigenvalue weighted by Crippen LogP contribution is 2.32. The van der Waals surface area contributed by atoms with E-state index in [1.54, 1.807) is 24.1 Å². The Morgan fingerprint density at radius 1 is 1.24 bits per heavy atom. The van der Waals surface area contributed by atoms with Crippen molar-refractivity contribution in [2.75, 3.05) is 33.7 Å². The van der Waals surface area contributed by atoms with E-state index in [0.717, 1.165) is 24.1 Å². The summed E-state index contributed by atoms with van der Waals surface area (Å²) < 4.78 is 32.5. The number of likely N-dealkylation sites (tertiary alicyclic amines) is 1. The van der Waals surface area contributed by atoms with Crippen LogP contribution in [0, 0.1) is 0 Å². The summed E-state index contributed by atoms with van der Waals surface area (Å²) in [4.78, 5) is 17.6. The number of amides is 1. The van der Waals surface area contributed by atoms with Crippen LogP contribution in [0.15, 0.2) is 53.4 Å². The Morgan fingerprint density at radius 2 is 2.00 bits per heavy atom. The van der Waals surface area contributed by atoms with Crippen molar-refractivity contribution in [1.29, 1.82) is 0 Å². The van der Waals surface area contributed by atoms with Gasteiger partial charge in [-0.15, -0.1) is 0 Å². The number of β-amino-alcohol motifs (C(OH)–C–C–N with tert-alkyl or cyclic N) is 1. The SMILES string of the molecule is CNS(=O)(=O)c1ccc2c(c1)CCC(C(=O)N(C)[C@H](CN1CC[C@H](O)C1)c1ccccc1)O2. The molecule has 0 radical (unpaired) electrons. The molecule has 8 nitrogen and oxygen atoms in total. The van der Waals surface area contributed by atoms with E-state index in [0.29, 0.717) is 31.7 Å². The van der Waals surface area contributed by atoms with Crippen molar-refractivity contribution < 1.29 is 23.1 Å². The monoisotopic (exact) mass is 473 g/mol. The lowest BCUT2D eigenvalue weighted by Gasteiger charge is -2.35. The lowest BCUT2D eigenvalue weighted by molar-refractivity contribution is -0.140. The summed E-state index contributed by atoms with van der Waals surface area (Å²) in [6, 6.07) is 14.5. The van der Waals surface area contributed by atoms with E-state index in [-0.39, 0.29) is 22.9 Å². The van der Waals surface area contributed by atoms with Crippen molar-refractivity contribution in [2.45, 2.75) is 42.4 Å². The van der Waals surface area contributed by atoms with E-state index in [1.165, 1.54) is 13.1 Å². The fraction of sp³-hybridized carbons (Fsp3) is 0.458. The van der Waals surface area contributed by atoms with Crippen molar-refractivity contribution in [3.63, 3.8) is 0 Å². The van der Waals surface area contributed by atoms with Crippen LogP contribution >= 0.6 is 0 Å². The molecule has 0 aromatic heterocycles. The molecule has 9 heteroatoms. The summed E-state index contributed by atoms with van der Waals surface area (Å²) in [6.07, 6.45) is 0.818. The van der Waals surface area contributed by atoms with E-state index in [2.05, 4.69) is 9.62 Å². The molecule has 2 aromatic rings. The number of carbonyl (C=O) groups is 1. The van der Waals surface area contributed by atoms with Crippen LogP contribution in [-0.2, 0) is 21.2 Å². The highest BCUT2D eigenvalue weighted by molar-refractivity contribution is 7.89. The minimum absolute atomic E-state index is 0.110. The Kier molecular flexibility index (Phi) is 7.04. The zero-order valence-electron chi connectivity index (χ0n) is 19.0. The van der Waals surface area contributed by atoms with Gasteiger partial charge in [0.1, 0.15) is 5.75 Å². The van der Waals surface area contributed by atoms with E-state index in [4.69, 9.17) is 4.74 Å². The molecule has 1 amide bonds. The number of aryl methyl sites for hydroxylation is 1. The number of likely N-dealkylation sites (N-methyl/N-ethyl adjacent to an activating group) is 1. The number of hydrogen-bond acceptors (Lipinski definition) is 6. The number of hydrogen-bond donors (Lipinski definition) is 2. The largest absolute Gasteiger partial charge is 0.480 e. The number of nitrogens with one attached hydrogen (secondary N) is 1. The third-order valence-corrected chi connectivity index (χ3v) is 7.92. The lowest BCUT2D eigenvalue weighted by Crippen LogP contribution is -2.46. The molecular weight excluding hydrogens is 442 g/mol. The average Bonchev–Trinajstić information content (AvgIpc) is 3.26. The molecule has 0 bridgehead atoms. The smallest absolute Gasteiger partial charge is 0.263 e. The van der Waals surface area contributed by atoms with Crippen molar-refractivity contribution in [3.8, 4) is 5.75 Å². The molecule has 2 N–H and O–H groups in total. The van der Waals surface area contributed by atoms with Gasteiger partial charge in [0.15, 0.2) is 6.10 Å². The molecule has 1 saturated heterocycles. The second-order valence-corrected chi connectivity index (χ2v) is 10.6. The van der Waals surface area contributed by atoms with Crippen molar-refractivity contribution >= 4 is 15.9 Å². The molecule has 0 saturated carbocycles. The number of sulfonamides is 1. The summed E-state index contributed by atoms with van der Waals surface area (Å²) in [7, 11) is -0.359. The van der Waals surface area contributed by atoms with E-state index in [1.807, 2.05) is 30.3 Å². The van der Waals surface area contributed by atoms with Gasteiger partial charge in [0, 0.05) is 26.7 Å². The number of ether oxygens (including phenoxy) is 1. The maximum Gasteiger partial charge on any atom is 0.263 e. The predicted octanol–water partition coefficient (Wildman–Crippen LogP) is 1.55. The third kappa shape index (κ3) is 5.22. The first-order valence-electron chi connectivity index (χ1n) is 11.2. The van der Waals surface area contributed by atoms with Crippen molar-refractivity contribution in [1.82, 2.24) is 14.5 Å². The number of aliphatic hydroxyl groups excluding tert-OH is 1. The Bertz CT molecular complexity index is 1090. The lowest BCUT2D eigenvalue weighted by atomic mass is 10.00. The number of benzene rings is 2. The Hall–Kier alpha value is -2.46. The molecule has 178 valence electrons. The maximum atomic E-state index is 13.5. The van der Waals surface area contributed by atoms with Gasteiger partial charge in [-0.05, 0) is 55.6 Å². The number of carbonyl (C=O) groups excluding carboxylic acids is 1. The molecule has 2 heterocycles. The number of aliphatic hydroxyl groups is 1. The molecule has 2 aliphatic rings. The quantitative estimate of drug-likeness (QED) is 0.633. The molecule has 0 aliphatic carbocycles. The Morgan fingerprint density at radius 3 is 2.67 bits per heavy atom. The van der Waals surface area contributed by atoms with Gasteiger partial charge in [0.2, 0.25) is 10.0 Å². The molecule has 1 unspecified atom stereocenters. The first kappa shape index (κ1) is 23.7. The molecule has 4 rings (SSSR count). The molecular formula is C24H31N3O5S. The zero-order chi connectivity index (χ0) is 23.6. The van der Waals surface area contributed by atoms with E-state index in [9.17, 15) is 18.3 Å². The number of nitrogens with zero attached hydrogens (tertiary/aromatic N) is 2. The van der Waals surface area contributed by atoms with Gasteiger partial charge < -0.3 is 14.7 Å². The molecule has 1 fully saturated rings. The number of fused-ring (bicyclic) bond motifs is 1. The highest BCUT2D eigenvalue weighted by atomic mass is 32.2. The standard InChI is InChI=1S/C24H31N3O5S/c1-25-33(30,31)20-9-11-22-18(14-20)8-10-23(32-22)24(29)26(2)21(17-6-4-3-5-7-17)16-27-13-12-19(28)15-27/h3-7,9,11,14,19,21,23,25,28H,8,10,12-13,15-16H2,1-2H3/t19-,21+,23?/m0/s1. The van der Waals surface area contributed by atoms with Gasteiger partial charge >= 0.3 is 0 Å². The first-order chi connectivity index (χ1) is 15.8. The average molecular weight is 474 g/mol. The van der Waals surface area contributed by atoms with E-state index < -0.39 is 16.1 Å².